The Morgan fingerprint density at radius 1 is 1.00 bits per heavy atom. The Morgan fingerprint density at radius 2 is 1.70 bits per heavy atom. The maximum atomic E-state index is 13.4. The molecule has 5 rings (SSSR count). The number of hydrogen-bond acceptors (Lipinski definition) is 4. The first-order chi connectivity index (χ1) is 15.7. The molecule has 0 unspecified atom stereocenters. The molecular weight excluding hydrogens is 421 g/mol. The molecule has 0 radical (unpaired) electrons. The average Bonchev–Trinajstić information content (AvgIpc) is 3.12. The summed E-state index contributed by atoms with van der Waals surface area (Å²) in [6.45, 7) is 5.55. The fourth-order valence-corrected chi connectivity index (χ4v) is 4.36. The number of anilines is 1. The number of amides is 1. The van der Waals surface area contributed by atoms with Crippen molar-refractivity contribution in [3.05, 3.63) is 94.5 Å². The van der Waals surface area contributed by atoms with Crippen molar-refractivity contribution in [2.75, 3.05) is 5.32 Å². The monoisotopic (exact) mass is 443 g/mol. The molecule has 1 atom stereocenters. The van der Waals surface area contributed by atoms with E-state index in [-0.39, 0.29) is 29.7 Å². The summed E-state index contributed by atoms with van der Waals surface area (Å²) >= 11 is 0. The average molecular weight is 443 g/mol. The highest BCUT2D eigenvalue weighted by Crippen LogP contribution is 2.44. The van der Waals surface area contributed by atoms with Gasteiger partial charge >= 0.3 is 0 Å². The third-order valence-electron chi connectivity index (χ3n) is 6.14. The molecule has 0 fully saturated rings. The van der Waals surface area contributed by atoms with E-state index in [2.05, 4.69) is 5.32 Å². The minimum absolute atomic E-state index is 0.0836. The normalized spacial score (nSPS) is 17.5. The Labute approximate surface area is 190 Å². The van der Waals surface area contributed by atoms with Crippen molar-refractivity contribution in [2.45, 2.75) is 32.8 Å². The minimum Gasteiger partial charge on any atom is -0.482 e. The van der Waals surface area contributed by atoms with E-state index in [1.54, 1.807) is 31.2 Å². The summed E-state index contributed by atoms with van der Waals surface area (Å²) in [4.78, 5) is 26.2. The first kappa shape index (κ1) is 20.9. The standard InChI is InChI=1S/C27H22FNO4/c1-15-4-10-19(11-5-15)29-26(31)25-16(2)23-21(32-25)12-13-22-24(23)20(30)14-27(3,33-22)17-6-8-18(28)9-7-17/h4-13H,14H2,1-3H3,(H,29,31)/t27-/m1/s1. The number of halogens is 1. The van der Waals surface area contributed by atoms with Crippen LogP contribution in [0.5, 0.6) is 5.75 Å². The van der Waals surface area contributed by atoms with Crippen LogP contribution in [0.25, 0.3) is 11.0 Å². The number of carbonyl (C=O) groups is 2. The summed E-state index contributed by atoms with van der Waals surface area (Å²) in [5.41, 5.74) is 2.96. The molecule has 0 saturated carbocycles. The third-order valence-corrected chi connectivity index (χ3v) is 6.14. The van der Waals surface area contributed by atoms with Crippen LogP contribution >= 0.6 is 0 Å². The Bertz CT molecular complexity index is 1400. The number of aryl methyl sites for hydroxylation is 2. The highest BCUT2D eigenvalue weighted by Gasteiger charge is 2.40. The Hall–Kier alpha value is -3.93. The van der Waals surface area contributed by atoms with E-state index in [9.17, 15) is 14.0 Å². The third kappa shape index (κ3) is 3.57. The van der Waals surface area contributed by atoms with Gasteiger partial charge in [-0.3, -0.25) is 9.59 Å². The van der Waals surface area contributed by atoms with Crippen molar-refractivity contribution in [1.29, 1.82) is 0 Å². The van der Waals surface area contributed by atoms with Crippen LogP contribution in [-0.4, -0.2) is 11.7 Å². The second-order valence-electron chi connectivity index (χ2n) is 8.63. The molecule has 1 aromatic heterocycles. The van der Waals surface area contributed by atoms with Gasteiger partial charge in [0.2, 0.25) is 0 Å². The molecule has 5 nitrogen and oxygen atoms in total. The number of fused-ring (bicyclic) bond motifs is 3. The van der Waals surface area contributed by atoms with E-state index in [4.69, 9.17) is 9.15 Å². The molecule has 4 aromatic rings. The summed E-state index contributed by atoms with van der Waals surface area (Å²) in [7, 11) is 0. The van der Waals surface area contributed by atoms with Gasteiger partial charge in [-0.2, -0.15) is 0 Å². The van der Waals surface area contributed by atoms with Gasteiger partial charge in [-0.05, 0) is 62.7 Å². The number of furan rings is 1. The zero-order valence-corrected chi connectivity index (χ0v) is 18.5. The van der Waals surface area contributed by atoms with Gasteiger partial charge in [0.05, 0.1) is 12.0 Å². The number of hydrogen-bond donors (Lipinski definition) is 1. The van der Waals surface area contributed by atoms with Crippen molar-refractivity contribution < 1.29 is 23.1 Å². The Kier molecular flexibility index (Phi) is 4.81. The second-order valence-corrected chi connectivity index (χ2v) is 8.63. The lowest BCUT2D eigenvalue weighted by molar-refractivity contribution is 0.0507. The first-order valence-corrected chi connectivity index (χ1v) is 10.7. The first-order valence-electron chi connectivity index (χ1n) is 10.7. The predicted molar refractivity (Wildman–Crippen MR) is 123 cm³/mol. The quantitative estimate of drug-likeness (QED) is 0.402. The van der Waals surface area contributed by atoms with Gasteiger partial charge in [0.1, 0.15) is 22.8 Å². The number of nitrogens with one attached hydrogen (secondary N) is 1. The molecule has 2 heterocycles. The zero-order chi connectivity index (χ0) is 23.3. The van der Waals surface area contributed by atoms with Crippen molar-refractivity contribution in [3.63, 3.8) is 0 Å². The summed E-state index contributed by atoms with van der Waals surface area (Å²) in [5, 5.41) is 3.41. The summed E-state index contributed by atoms with van der Waals surface area (Å²) in [5.74, 6) is -0.291. The number of rotatable bonds is 3. The van der Waals surface area contributed by atoms with E-state index in [1.807, 2.05) is 38.1 Å². The molecule has 3 aromatic carbocycles. The summed E-state index contributed by atoms with van der Waals surface area (Å²) in [6.07, 6.45) is 0.0836. The van der Waals surface area contributed by atoms with E-state index >= 15 is 0 Å². The minimum atomic E-state index is -0.922. The van der Waals surface area contributed by atoms with Crippen LogP contribution in [-0.2, 0) is 5.60 Å². The highest BCUT2D eigenvalue weighted by atomic mass is 19.1. The lowest BCUT2D eigenvalue weighted by Crippen LogP contribution is -2.36. The molecule has 1 amide bonds. The number of Topliss-reactive ketones (excluding diaryl/α,β-unsaturated/α-hetero) is 1. The van der Waals surface area contributed by atoms with Crippen molar-refractivity contribution in [3.8, 4) is 5.75 Å². The largest absolute Gasteiger partial charge is 0.482 e. The van der Waals surface area contributed by atoms with Crippen molar-refractivity contribution >= 4 is 28.3 Å². The number of benzene rings is 3. The van der Waals surface area contributed by atoms with Crippen LogP contribution in [0.2, 0.25) is 0 Å². The van der Waals surface area contributed by atoms with Crippen LogP contribution in [0.3, 0.4) is 0 Å². The summed E-state index contributed by atoms with van der Waals surface area (Å²) in [6, 6.07) is 16.8. The van der Waals surface area contributed by atoms with Crippen LogP contribution < -0.4 is 10.1 Å². The zero-order valence-electron chi connectivity index (χ0n) is 18.5. The van der Waals surface area contributed by atoms with Gasteiger partial charge in [0, 0.05) is 16.6 Å². The van der Waals surface area contributed by atoms with Gasteiger partial charge < -0.3 is 14.5 Å². The van der Waals surface area contributed by atoms with E-state index in [1.165, 1.54) is 12.1 Å². The molecule has 33 heavy (non-hydrogen) atoms. The smallest absolute Gasteiger partial charge is 0.291 e. The lowest BCUT2D eigenvalue weighted by Gasteiger charge is -2.35. The van der Waals surface area contributed by atoms with E-state index < -0.39 is 5.60 Å². The van der Waals surface area contributed by atoms with Gasteiger partial charge in [0.25, 0.3) is 5.91 Å². The fraction of sp³-hybridized carbons (Fsp3) is 0.185. The lowest BCUT2D eigenvalue weighted by atomic mass is 9.84. The van der Waals surface area contributed by atoms with Gasteiger partial charge in [-0.25, -0.2) is 4.39 Å². The predicted octanol–water partition coefficient (Wildman–Crippen LogP) is 6.32. The number of carbonyl (C=O) groups excluding carboxylic acids is 2. The van der Waals surface area contributed by atoms with Gasteiger partial charge in [-0.15, -0.1) is 0 Å². The topological polar surface area (TPSA) is 68.5 Å². The van der Waals surface area contributed by atoms with Crippen LogP contribution in [0.4, 0.5) is 10.1 Å². The Balaban J connectivity index is 1.53. The summed E-state index contributed by atoms with van der Waals surface area (Å²) < 4.78 is 25.5. The second kappa shape index (κ2) is 7.59. The van der Waals surface area contributed by atoms with Gasteiger partial charge in [-0.1, -0.05) is 29.8 Å². The molecule has 166 valence electrons. The van der Waals surface area contributed by atoms with Crippen LogP contribution in [0.15, 0.2) is 65.1 Å². The highest BCUT2D eigenvalue weighted by molar-refractivity contribution is 6.14. The molecular formula is C27H22FNO4. The maximum absolute atomic E-state index is 13.4. The molecule has 0 aliphatic carbocycles. The SMILES string of the molecule is Cc1ccc(NC(=O)c2oc3ccc4c(c3c2C)C(=O)C[C@](C)(c2ccc(F)cc2)O4)cc1. The Morgan fingerprint density at radius 3 is 2.39 bits per heavy atom. The van der Waals surface area contributed by atoms with E-state index in [0.717, 1.165) is 5.56 Å². The van der Waals surface area contributed by atoms with E-state index in [0.29, 0.717) is 39.1 Å². The van der Waals surface area contributed by atoms with Crippen molar-refractivity contribution in [1.82, 2.24) is 0 Å². The molecule has 0 bridgehead atoms. The molecule has 6 heteroatoms. The van der Waals surface area contributed by atoms with Crippen LogP contribution in [0, 0.1) is 19.7 Å². The van der Waals surface area contributed by atoms with Crippen molar-refractivity contribution in [2.24, 2.45) is 0 Å². The molecule has 1 aliphatic rings. The molecule has 0 saturated heterocycles. The molecule has 0 spiro atoms. The van der Waals surface area contributed by atoms with Crippen LogP contribution in [0.1, 0.15) is 50.9 Å². The molecule has 1 aliphatic heterocycles. The molecule has 1 N–H and O–H groups in total. The number of ether oxygens (including phenoxy) is 1. The number of ketones is 1. The maximum Gasteiger partial charge on any atom is 0.291 e. The van der Waals surface area contributed by atoms with Gasteiger partial charge in [0.15, 0.2) is 11.5 Å². The fourth-order valence-electron chi connectivity index (χ4n) is 4.36.